The van der Waals surface area contributed by atoms with Crippen molar-refractivity contribution in [1.29, 1.82) is 0 Å². The molecular formula is C17H28F3IN6OS. The third-order valence-corrected chi connectivity index (χ3v) is 5.51. The Balaban J connectivity index is 0.00000420. The number of carbonyl (C=O) groups is 1. The van der Waals surface area contributed by atoms with Crippen LogP contribution in [0.4, 0.5) is 13.2 Å². The molecule has 1 aromatic rings. The number of likely N-dealkylation sites (tertiary alicyclic amines) is 1. The highest BCUT2D eigenvalue weighted by Crippen LogP contribution is 2.29. The molecule has 1 aliphatic heterocycles. The molecule has 0 bridgehead atoms. The number of primary amides is 1. The first-order valence-corrected chi connectivity index (χ1v) is 10.2. The number of nitrogens with one attached hydrogen (secondary N) is 2. The summed E-state index contributed by atoms with van der Waals surface area (Å²) < 4.78 is 37.7. The lowest BCUT2D eigenvalue weighted by Crippen LogP contribution is -2.39. The van der Waals surface area contributed by atoms with Crippen LogP contribution in [0.25, 0.3) is 0 Å². The Hall–Kier alpha value is -1.15. The minimum atomic E-state index is -4.41. The molecule has 7 nitrogen and oxygen atoms in total. The van der Waals surface area contributed by atoms with Gasteiger partial charge in [-0.25, -0.2) is 4.98 Å². The maximum absolute atomic E-state index is 12.6. The first kappa shape index (κ1) is 25.9. The fourth-order valence-electron chi connectivity index (χ4n) is 3.01. The number of guanidine groups is 1. The van der Waals surface area contributed by atoms with Gasteiger partial charge in [0.05, 0.1) is 6.54 Å². The van der Waals surface area contributed by atoms with Gasteiger partial charge in [-0.05, 0) is 45.3 Å². The number of alkyl halides is 3. The van der Waals surface area contributed by atoms with Crippen LogP contribution in [0.15, 0.2) is 10.4 Å². The van der Waals surface area contributed by atoms with Crippen LogP contribution < -0.4 is 16.4 Å². The summed E-state index contributed by atoms with van der Waals surface area (Å²) in [6.45, 7) is 3.67. The van der Waals surface area contributed by atoms with E-state index in [1.807, 2.05) is 0 Å². The molecule has 1 aromatic heterocycles. The molecule has 0 spiro atoms. The second-order valence-corrected chi connectivity index (χ2v) is 7.64. The number of carbonyl (C=O) groups excluding carboxylic acids is 1. The molecule has 0 aromatic carbocycles. The molecule has 4 N–H and O–H groups in total. The highest BCUT2D eigenvalue weighted by atomic mass is 127. The summed E-state index contributed by atoms with van der Waals surface area (Å²) in [5, 5.41) is 7.49. The number of hydrogen-bond donors (Lipinski definition) is 3. The third-order valence-electron chi connectivity index (χ3n) is 4.66. The summed E-state index contributed by atoms with van der Waals surface area (Å²) in [7, 11) is 1.61. The highest BCUT2D eigenvalue weighted by Gasteiger charge is 2.33. The van der Waals surface area contributed by atoms with Crippen molar-refractivity contribution in [3.63, 3.8) is 0 Å². The molecule has 2 heterocycles. The van der Waals surface area contributed by atoms with Gasteiger partial charge in [-0.2, -0.15) is 13.2 Å². The van der Waals surface area contributed by atoms with Crippen LogP contribution in [0.5, 0.6) is 0 Å². The maximum atomic E-state index is 12.6. The van der Waals surface area contributed by atoms with Gasteiger partial charge in [-0.3, -0.25) is 9.79 Å². The average Bonchev–Trinajstić information content (AvgIpc) is 3.14. The summed E-state index contributed by atoms with van der Waals surface area (Å²) in [5.74, 6) is 0.346. The predicted octanol–water partition coefficient (Wildman–Crippen LogP) is 2.42. The first-order chi connectivity index (χ1) is 13.3. The van der Waals surface area contributed by atoms with Gasteiger partial charge in [-0.1, -0.05) is 0 Å². The molecule has 0 aliphatic carbocycles. The lowest BCUT2D eigenvalue weighted by molar-refractivity contribution is -0.140. The summed E-state index contributed by atoms with van der Waals surface area (Å²) in [6, 6.07) is 0. The van der Waals surface area contributed by atoms with Gasteiger partial charge in [0.1, 0.15) is 5.01 Å². The topological polar surface area (TPSA) is 95.6 Å². The molecule has 12 heteroatoms. The van der Waals surface area contributed by atoms with Gasteiger partial charge >= 0.3 is 6.18 Å². The molecule has 1 aliphatic rings. The van der Waals surface area contributed by atoms with Gasteiger partial charge in [0.2, 0.25) is 5.91 Å². The molecule has 1 amide bonds. The van der Waals surface area contributed by atoms with Crippen molar-refractivity contribution in [2.24, 2.45) is 16.6 Å². The van der Waals surface area contributed by atoms with Gasteiger partial charge in [0.15, 0.2) is 11.7 Å². The molecule has 2 rings (SSSR count). The van der Waals surface area contributed by atoms with E-state index in [0.29, 0.717) is 17.5 Å². The van der Waals surface area contributed by atoms with Gasteiger partial charge in [-0.15, -0.1) is 35.3 Å². The van der Waals surface area contributed by atoms with Crippen molar-refractivity contribution in [2.45, 2.75) is 38.4 Å². The normalized spacial score (nSPS) is 16.3. The summed E-state index contributed by atoms with van der Waals surface area (Å²) in [4.78, 5) is 21.2. The van der Waals surface area contributed by atoms with E-state index in [1.54, 1.807) is 7.05 Å². The van der Waals surface area contributed by atoms with Crippen molar-refractivity contribution in [3.8, 4) is 0 Å². The minimum Gasteiger partial charge on any atom is -0.369 e. The Bertz CT molecular complexity index is 662. The molecule has 1 fully saturated rings. The number of hydrogen-bond acceptors (Lipinski definition) is 5. The van der Waals surface area contributed by atoms with Crippen LogP contribution in [-0.4, -0.2) is 55.0 Å². The number of aliphatic imine (C=N–C) groups is 1. The molecule has 0 saturated carbocycles. The zero-order valence-electron chi connectivity index (χ0n) is 16.3. The first-order valence-electron chi connectivity index (χ1n) is 9.27. The highest BCUT2D eigenvalue weighted by molar-refractivity contribution is 14.0. The van der Waals surface area contributed by atoms with Crippen LogP contribution in [0.3, 0.4) is 0 Å². The number of rotatable bonds is 8. The molecular weight excluding hydrogens is 520 g/mol. The summed E-state index contributed by atoms with van der Waals surface area (Å²) >= 11 is 0.968. The SMILES string of the molecule is CN=C(NCCCCN1CCC(C(N)=O)CC1)NCc1nc(C(F)(F)F)cs1.I. The van der Waals surface area contributed by atoms with E-state index in [1.165, 1.54) is 0 Å². The van der Waals surface area contributed by atoms with Gasteiger partial charge in [0.25, 0.3) is 0 Å². The van der Waals surface area contributed by atoms with Gasteiger partial charge < -0.3 is 21.3 Å². The smallest absolute Gasteiger partial charge is 0.369 e. The minimum absolute atomic E-state index is 0. The Morgan fingerprint density at radius 2 is 2.03 bits per heavy atom. The van der Waals surface area contributed by atoms with E-state index in [2.05, 4.69) is 25.5 Å². The van der Waals surface area contributed by atoms with Crippen molar-refractivity contribution in [2.75, 3.05) is 33.2 Å². The van der Waals surface area contributed by atoms with Crippen molar-refractivity contribution in [1.82, 2.24) is 20.5 Å². The number of aromatic nitrogens is 1. The number of piperidine rings is 1. The Kier molecular flexibility index (Phi) is 11.2. The second kappa shape index (κ2) is 12.5. The van der Waals surface area contributed by atoms with Crippen molar-refractivity contribution < 1.29 is 18.0 Å². The van der Waals surface area contributed by atoms with Gasteiger partial charge in [0, 0.05) is 24.9 Å². The van der Waals surface area contributed by atoms with E-state index < -0.39 is 11.9 Å². The van der Waals surface area contributed by atoms with Crippen LogP contribution in [-0.2, 0) is 17.5 Å². The van der Waals surface area contributed by atoms with E-state index in [-0.39, 0.29) is 42.3 Å². The zero-order valence-corrected chi connectivity index (χ0v) is 19.4. The number of halogens is 4. The quantitative estimate of drug-likeness (QED) is 0.201. The molecule has 29 heavy (non-hydrogen) atoms. The fraction of sp³-hybridized carbons (Fsp3) is 0.706. The summed E-state index contributed by atoms with van der Waals surface area (Å²) in [6.07, 6.45) is -0.809. The number of thiazole rings is 1. The Morgan fingerprint density at radius 3 is 2.59 bits per heavy atom. The van der Waals surface area contributed by atoms with Crippen molar-refractivity contribution in [3.05, 3.63) is 16.1 Å². The number of nitrogens with zero attached hydrogens (tertiary/aromatic N) is 3. The zero-order chi connectivity index (χ0) is 20.6. The second-order valence-electron chi connectivity index (χ2n) is 6.70. The van der Waals surface area contributed by atoms with E-state index in [0.717, 1.165) is 62.0 Å². The largest absolute Gasteiger partial charge is 0.434 e. The van der Waals surface area contributed by atoms with E-state index in [9.17, 15) is 18.0 Å². The lowest BCUT2D eigenvalue weighted by Gasteiger charge is -2.30. The van der Waals surface area contributed by atoms with E-state index in [4.69, 9.17) is 5.73 Å². The summed E-state index contributed by atoms with van der Waals surface area (Å²) in [5.41, 5.74) is 4.48. The maximum Gasteiger partial charge on any atom is 0.434 e. The third kappa shape index (κ3) is 9.03. The molecule has 0 radical (unpaired) electrons. The lowest BCUT2D eigenvalue weighted by atomic mass is 9.96. The van der Waals surface area contributed by atoms with Crippen LogP contribution in [0.1, 0.15) is 36.4 Å². The van der Waals surface area contributed by atoms with Crippen LogP contribution in [0.2, 0.25) is 0 Å². The Morgan fingerprint density at radius 1 is 1.34 bits per heavy atom. The molecule has 0 atom stereocenters. The number of nitrogens with two attached hydrogens (primary N) is 1. The van der Waals surface area contributed by atoms with Crippen molar-refractivity contribution >= 4 is 47.2 Å². The monoisotopic (exact) mass is 548 g/mol. The van der Waals surface area contributed by atoms with E-state index >= 15 is 0 Å². The molecule has 166 valence electrons. The fourth-order valence-corrected chi connectivity index (χ4v) is 3.75. The number of unbranched alkanes of at least 4 members (excludes halogenated alkanes) is 1. The average molecular weight is 548 g/mol. The predicted molar refractivity (Wildman–Crippen MR) is 118 cm³/mol. The Labute approximate surface area is 189 Å². The van der Waals surface area contributed by atoms with Crippen LogP contribution >= 0.6 is 35.3 Å². The molecule has 0 unspecified atom stereocenters. The van der Waals surface area contributed by atoms with Crippen LogP contribution in [0, 0.1) is 5.92 Å². The number of amides is 1. The standard InChI is InChI=1S/C17H27F3N6OS.HI/c1-22-16(24-10-14-25-13(11-28-14)17(18,19)20)23-6-2-3-7-26-8-4-12(5-9-26)15(21)27;/h11-12H,2-10H2,1H3,(H2,21,27)(H2,22,23,24);1H. The molecule has 1 saturated heterocycles.